The molecule has 2 aromatic carbocycles. The fraction of sp³-hybridized carbons (Fsp3) is 0.348. The number of aromatic hydroxyl groups is 2. The molecule has 0 amide bonds. The molecular formula is C23H30MnN2O6. The summed E-state index contributed by atoms with van der Waals surface area (Å²) in [6.07, 6.45) is 3.27. The zero-order valence-electron chi connectivity index (χ0n) is 18.9. The molecule has 0 atom stereocenters. The number of aliphatic imine (C=N–C) groups is 2. The number of carboxylic acid groups (broad SMARTS) is 1. The van der Waals surface area contributed by atoms with Crippen molar-refractivity contribution in [3.05, 3.63) is 47.5 Å². The second-order valence-corrected chi connectivity index (χ2v) is 7.42. The van der Waals surface area contributed by atoms with Gasteiger partial charge in [-0.05, 0) is 24.3 Å². The molecule has 0 saturated heterocycles. The molecule has 32 heavy (non-hydrogen) atoms. The van der Waals surface area contributed by atoms with Gasteiger partial charge in [-0.1, -0.05) is 26.0 Å². The molecule has 0 aliphatic rings. The van der Waals surface area contributed by atoms with Crippen molar-refractivity contribution in [2.75, 3.05) is 27.3 Å². The molecule has 0 aliphatic carbocycles. The normalized spacial score (nSPS) is 10.9. The van der Waals surface area contributed by atoms with Gasteiger partial charge >= 0.3 is 0 Å². The Hall–Kier alpha value is -3.03. The van der Waals surface area contributed by atoms with Gasteiger partial charge in [-0.15, -0.1) is 0 Å². The number of benzene rings is 2. The Morgan fingerprint density at radius 1 is 0.906 bits per heavy atom. The molecular weight excluding hydrogens is 455 g/mol. The Bertz CT molecular complexity index is 857. The van der Waals surface area contributed by atoms with Crippen LogP contribution in [0.3, 0.4) is 0 Å². The predicted molar refractivity (Wildman–Crippen MR) is 121 cm³/mol. The standard InChI is InChI=1S/C21H26N2O4.C2H4O2.Mn/c1-21(2,13-22-11-15-7-5-9-17(26-3)19(15)24)14-23-12-16-8-6-10-18(27-4)20(16)25;1-2(3)4;/h5-12,24-25H,13-14H2,1-4H3;1H3,(H,3,4);. The summed E-state index contributed by atoms with van der Waals surface area (Å²) < 4.78 is 10.2. The minimum atomic E-state index is -0.833. The maximum Gasteiger partial charge on any atom is 0.300 e. The molecule has 0 aromatic heterocycles. The zero-order valence-corrected chi connectivity index (χ0v) is 20.1. The number of carbonyl (C=O) groups is 1. The summed E-state index contributed by atoms with van der Waals surface area (Å²) >= 11 is 0. The quantitative estimate of drug-likeness (QED) is 0.387. The Kier molecular flexibility index (Phi) is 12.8. The van der Waals surface area contributed by atoms with Crippen LogP contribution in [0.15, 0.2) is 46.4 Å². The summed E-state index contributed by atoms with van der Waals surface area (Å²) in [4.78, 5) is 17.9. The second-order valence-electron chi connectivity index (χ2n) is 7.42. The van der Waals surface area contributed by atoms with Crippen molar-refractivity contribution >= 4 is 18.4 Å². The average Bonchev–Trinajstić information content (AvgIpc) is 2.70. The molecule has 0 unspecified atom stereocenters. The first-order valence-electron chi connectivity index (χ1n) is 9.52. The van der Waals surface area contributed by atoms with Crippen LogP contribution in [0.4, 0.5) is 0 Å². The fourth-order valence-electron chi connectivity index (χ4n) is 2.45. The number of rotatable bonds is 8. The molecule has 3 N–H and O–H groups in total. The van der Waals surface area contributed by atoms with Crippen molar-refractivity contribution in [1.82, 2.24) is 0 Å². The molecule has 0 bridgehead atoms. The molecule has 8 nitrogen and oxygen atoms in total. The minimum Gasteiger partial charge on any atom is -0.504 e. The topological polar surface area (TPSA) is 121 Å². The molecule has 0 spiro atoms. The van der Waals surface area contributed by atoms with E-state index in [0.717, 1.165) is 6.92 Å². The van der Waals surface area contributed by atoms with Crippen molar-refractivity contribution in [3.63, 3.8) is 0 Å². The van der Waals surface area contributed by atoms with Gasteiger partial charge in [0.25, 0.3) is 5.97 Å². The largest absolute Gasteiger partial charge is 0.504 e. The smallest absolute Gasteiger partial charge is 0.300 e. The summed E-state index contributed by atoms with van der Waals surface area (Å²) in [5, 5.41) is 27.6. The molecule has 2 rings (SSSR count). The van der Waals surface area contributed by atoms with Gasteiger partial charge in [0.05, 0.1) is 14.2 Å². The summed E-state index contributed by atoms with van der Waals surface area (Å²) in [5.74, 6) is 0.156. The van der Waals surface area contributed by atoms with Crippen LogP contribution in [0, 0.1) is 5.41 Å². The monoisotopic (exact) mass is 485 g/mol. The third-order valence-corrected chi connectivity index (χ3v) is 4.00. The van der Waals surface area contributed by atoms with Gasteiger partial charge in [0, 0.05) is 66.1 Å². The maximum absolute atomic E-state index is 10.1. The minimum absolute atomic E-state index is 0. The van der Waals surface area contributed by atoms with Gasteiger partial charge in [-0.25, -0.2) is 0 Å². The second kappa shape index (κ2) is 14.1. The maximum atomic E-state index is 10.1. The molecule has 2 aromatic rings. The van der Waals surface area contributed by atoms with E-state index in [1.807, 2.05) is 0 Å². The molecule has 0 saturated carbocycles. The van der Waals surface area contributed by atoms with Gasteiger partial charge in [-0.3, -0.25) is 14.8 Å². The molecule has 0 heterocycles. The van der Waals surface area contributed by atoms with Crippen LogP contribution in [-0.2, 0) is 21.9 Å². The number of nitrogens with zero attached hydrogens (tertiary/aromatic N) is 2. The number of hydrogen-bond acceptors (Lipinski definition) is 7. The third-order valence-electron chi connectivity index (χ3n) is 4.00. The molecule has 0 fully saturated rings. The number of hydrogen-bond donors (Lipinski definition) is 3. The molecule has 0 aliphatic heterocycles. The molecule has 175 valence electrons. The first-order chi connectivity index (χ1) is 14.6. The van der Waals surface area contributed by atoms with Crippen LogP contribution in [0.25, 0.3) is 0 Å². The van der Waals surface area contributed by atoms with E-state index in [1.165, 1.54) is 14.2 Å². The van der Waals surface area contributed by atoms with E-state index in [1.54, 1.807) is 48.8 Å². The van der Waals surface area contributed by atoms with Crippen LogP contribution in [0.2, 0.25) is 0 Å². The van der Waals surface area contributed by atoms with Crippen molar-refractivity contribution in [3.8, 4) is 23.0 Å². The van der Waals surface area contributed by atoms with E-state index >= 15 is 0 Å². The van der Waals surface area contributed by atoms with Crippen molar-refractivity contribution in [2.24, 2.45) is 15.4 Å². The van der Waals surface area contributed by atoms with Gasteiger partial charge in [-0.2, -0.15) is 0 Å². The van der Waals surface area contributed by atoms with E-state index in [-0.39, 0.29) is 34.0 Å². The van der Waals surface area contributed by atoms with Crippen molar-refractivity contribution in [2.45, 2.75) is 20.8 Å². The number of phenolic OH excluding ortho intramolecular Hbond substituents is 2. The number of aliphatic carboxylic acids is 1. The number of phenols is 2. The number of ether oxygens (including phenoxy) is 2. The van der Waals surface area contributed by atoms with Crippen LogP contribution < -0.4 is 9.47 Å². The molecule has 9 heteroatoms. The van der Waals surface area contributed by atoms with Gasteiger partial charge in [0.15, 0.2) is 23.0 Å². The van der Waals surface area contributed by atoms with Gasteiger partial charge < -0.3 is 24.8 Å². The Morgan fingerprint density at radius 3 is 1.56 bits per heavy atom. The number of carboxylic acids is 1. The number of methoxy groups -OCH3 is 2. The van der Waals surface area contributed by atoms with Crippen LogP contribution >= 0.6 is 0 Å². The van der Waals surface area contributed by atoms with E-state index in [0.29, 0.717) is 35.7 Å². The Morgan fingerprint density at radius 2 is 1.25 bits per heavy atom. The van der Waals surface area contributed by atoms with Crippen molar-refractivity contribution < 1.29 is 46.7 Å². The summed E-state index contributed by atoms with van der Waals surface area (Å²) in [7, 11) is 3.02. The summed E-state index contributed by atoms with van der Waals surface area (Å²) in [6, 6.07) is 10.5. The Balaban J connectivity index is 0.00000177. The third kappa shape index (κ3) is 9.85. The van der Waals surface area contributed by atoms with E-state index < -0.39 is 5.97 Å². The zero-order chi connectivity index (χ0) is 23.4. The van der Waals surface area contributed by atoms with E-state index in [2.05, 4.69) is 23.8 Å². The fourth-order valence-corrected chi connectivity index (χ4v) is 2.45. The molecule has 1 radical (unpaired) electrons. The Labute approximate surface area is 199 Å². The van der Waals surface area contributed by atoms with Crippen LogP contribution in [0.5, 0.6) is 23.0 Å². The SMILES string of the molecule is CC(=O)O.COc1cccc(C=NCC(C)(C)CN=Cc2cccc(OC)c2O)c1O.[Mn]. The van der Waals surface area contributed by atoms with Crippen molar-refractivity contribution in [1.29, 1.82) is 0 Å². The van der Waals surface area contributed by atoms with E-state index in [4.69, 9.17) is 19.4 Å². The average molecular weight is 485 g/mol. The van der Waals surface area contributed by atoms with Gasteiger partial charge in [0.2, 0.25) is 0 Å². The summed E-state index contributed by atoms with van der Waals surface area (Å²) in [6.45, 7) is 6.26. The van der Waals surface area contributed by atoms with Crippen LogP contribution in [-0.4, -0.2) is 61.0 Å². The first-order valence-corrected chi connectivity index (χ1v) is 9.52. The van der Waals surface area contributed by atoms with E-state index in [9.17, 15) is 10.2 Å². The first kappa shape index (κ1) is 29.0. The predicted octanol–water partition coefficient (Wildman–Crippen LogP) is 3.77. The van der Waals surface area contributed by atoms with Crippen LogP contribution in [0.1, 0.15) is 31.9 Å². The number of para-hydroxylation sites is 2. The van der Waals surface area contributed by atoms with Gasteiger partial charge in [0.1, 0.15) is 0 Å². The summed E-state index contributed by atoms with van der Waals surface area (Å²) in [5.41, 5.74) is 1.03.